The molecule has 0 aliphatic carbocycles. The van der Waals surface area contributed by atoms with E-state index < -0.39 is 0 Å². The van der Waals surface area contributed by atoms with Crippen molar-refractivity contribution in [3.63, 3.8) is 0 Å². The molecule has 0 fully saturated rings. The maximum Gasteiger partial charge on any atom is 0.0437 e. The molecule has 0 N–H and O–H groups in total. The SMILES string of the molecule is CCOCC.Cc1ccccc1.Cc1ccccc1.Cc1ccccc1.Cc1ccccc1. The third-order valence-electron chi connectivity index (χ3n) is 4.17. The summed E-state index contributed by atoms with van der Waals surface area (Å²) in [5.74, 6) is 0. The van der Waals surface area contributed by atoms with Gasteiger partial charge < -0.3 is 4.74 Å². The van der Waals surface area contributed by atoms with Gasteiger partial charge in [0.05, 0.1) is 0 Å². The van der Waals surface area contributed by atoms with Crippen LogP contribution >= 0.6 is 0 Å². The second-order valence-electron chi connectivity index (χ2n) is 7.40. The predicted molar refractivity (Wildman–Crippen MR) is 147 cm³/mol. The molecule has 0 aliphatic rings. The number of ether oxygens (including phenoxy) is 1. The average Bonchev–Trinajstić information content (AvgIpc) is 2.83. The van der Waals surface area contributed by atoms with Gasteiger partial charge in [0.1, 0.15) is 0 Å². The summed E-state index contributed by atoms with van der Waals surface area (Å²) in [6.45, 7) is 14.0. The Kier molecular flexibility index (Phi) is 19.9. The highest BCUT2D eigenvalue weighted by Gasteiger charge is 1.74. The number of hydrogen-bond acceptors (Lipinski definition) is 1. The normalized spacial score (nSPS) is 8.67. The van der Waals surface area contributed by atoms with Crippen LogP contribution < -0.4 is 0 Å². The molecule has 0 atom stereocenters. The van der Waals surface area contributed by atoms with Crippen molar-refractivity contribution in [2.75, 3.05) is 13.2 Å². The first-order chi connectivity index (χ1) is 16.0. The number of hydrogen-bond donors (Lipinski definition) is 0. The summed E-state index contributed by atoms with van der Waals surface area (Å²) in [5, 5.41) is 0. The van der Waals surface area contributed by atoms with Crippen LogP contribution in [0.25, 0.3) is 0 Å². The van der Waals surface area contributed by atoms with Gasteiger partial charge in [-0.3, -0.25) is 0 Å². The van der Waals surface area contributed by atoms with E-state index in [2.05, 4.69) is 76.2 Å². The fourth-order valence-corrected chi connectivity index (χ4v) is 2.34. The van der Waals surface area contributed by atoms with Crippen molar-refractivity contribution in [3.05, 3.63) is 144 Å². The molecule has 4 aromatic rings. The quantitative estimate of drug-likeness (QED) is 0.301. The summed E-state index contributed by atoms with van der Waals surface area (Å²) in [7, 11) is 0. The van der Waals surface area contributed by atoms with Crippen molar-refractivity contribution in [2.45, 2.75) is 41.5 Å². The molecule has 0 saturated carbocycles. The molecule has 0 unspecified atom stereocenters. The van der Waals surface area contributed by atoms with E-state index in [0.717, 1.165) is 13.2 Å². The molecular weight excluding hydrogens is 400 g/mol. The van der Waals surface area contributed by atoms with Gasteiger partial charge in [-0.2, -0.15) is 0 Å². The summed E-state index contributed by atoms with van der Waals surface area (Å²) < 4.78 is 4.83. The van der Waals surface area contributed by atoms with E-state index >= 15 is 0 Å². The molecule has 0 spiro atoms. The Balaban J connectivity index is 0.000000390. The molecule has 1 nitrogen and oxygen atoms in total. The van der Waals surface area contributed by atoms with Crippen molar-refractivity contribution in [3.8, 4) is 0 Å². The smallest absolute Gasteiger partial charge is 0.0437 e. The molecule has 0 saturated heterocycles. The second kappa shape index (κ2) is 22.0. The van der Waals surface area contributed by atoms with Crippen LogP contribution in [0.3, 0.4) is 0 Å². The van der Waals surface area contributed by atoms with Crippen molar-refractivity contribution in [2.24, 2.45) is 0 Å². The summed E-state index contributed by atoms with van der Waals surface area (Å²) in [6.07, 6.45) is 0. The van der Waals surface area contributed by atoms with E-state index in [0.29, 0.717) is 0 Å². The number of rotatable bonds is 2. The van der Waals surface area contributed by atoms with Crippen molar-refractivity contribution >= 4 is 0 Å². The Morgan fingerprint density at radius 3 is 0.606 bits per heavy atom. The highest BCUT2D eigenvalue weighted by atomic mass is 16.5. The van der Waals surface area contributed by atoms with Gasteiger partial charge >= 0.3 is 0 Å². The zero-order chi connectivity index (χ0) is 24.6. The monoisotopic (exact) mass is 442 g/mol. The van der Waals surface area contributed by atoms with Crippen LogP contribution in [0.1, 0.15) is 36.1 Å². The first-order valence-corrected chi connectivity index (χ1v) is 11.6. The van der Waals surface area contributed by atoms with E-state index in [1.165, 1.54) is 22.3 Å². The van der Waals surface area contributed by atoms with Gasteiger partial charge in [0.25, 0.3) is 0 Å². The standard InChI is InChI=1S/4C7H8.C4H10O/c4*1-7-5-3-2-4-6-7;1-3-5-4-2/h4*2-6H,1H3;3-4H2,1-2H3. The lowest BCUT2D eigenvalue weighted by atomic mass is 10.2. The zero-order valence-electron chi connectivity index (χ0n) is 21.4. The molecule has 0 aromatic heterocycles. The minimum Gasteiger partial charge on any atom is -0.382 e. The van der Waals surface area contributed by atoms with Gasteiger partial charge in [-0.15, -0.1) is 0 Å². The van der Waals surface area contributed by atoms with Crippen LogP contribution in [0.2, 0.25) is 0 Å². The van der Waals surface area contributed by atoms with E-state index in [4.69, 9.17) is 4.74 Å². The highest BCUT2D eigenvalue weighted by molar-refractivity contribution is 5.13. The molecule has 4 rings (SSSR count). The molecule has 0 heterocycles. The molecule has 0 bridgehead atoms. The fourth-order valence-electron chi connectivity index (χ4n) is 2.34. The number of aryl methyl sites for hydroxylation is 4. The first kappa shape index (κ1) is 29.8. The zero-order valence-corrected chi connectivity index (χ0v) is 21.4. The molecular formula is C32H42O. The Morgan fingerprint density at radius 1 is 0.364 bits per heavy atom. The topological polar surface area (TPSA) is 9.23 Å². The fraction of sp³-hybridized carbons (Fsp3) is 0.250. The summed E-state index contributed by atoms with van der Waals surface area (Å²) in [6, 6.07) is 41.0. The van der Waals surface area contributed by atoms with Gasteiger partial charge in [-0.25, -0.2) is 0 Å². The van der Waals surface area contributed by atoms with E-state index in [9.17, 15) is 0 Å². The Hall–Kier alpha value is -3.16. The van der Waals surface area contributed by atoms with Gasteiger partial charge in [0, 0.05) is 13.2 Å². The maximum atomic E-state index is 4.83. The van der Waals surface area contributed by atoms with Crippen LogP contribution in [0.5, 0.6) is 0 Å². The molecule has 0 radical (unpaired) electrons. The molecule has 4 aromatic carbocycles. The third-order valence-corrected chi connectivity index (χ3v) is 4.17. The lowest BCUT2D eigenvalue weighted by molar-refractivity contribution is 0.162. The van der Waals surface area contributed by atoms with Gasteiger partial charge in [0.2, 0.25) is 0 Å². The summed E-state index contributed by atoms with van der Waals surface area (Å²) in [5.41, 5.74) is 5.29. The van der Waals surface area contributed by atoms with E-state index in [-0.39, 0.29) is 0 Å². The Morgan fingerprint density at radius 2 is 0.545 bits per heavy atom. The minimum absolute atomic E-state index is 0.844. The lowest BCUT2D eigenvalue weighted by Gasteiger charge is -1.86. The number of benzene rings is 4. The van der Waals surface area contributed by atoms with Crippen molar-refractivity contribution in [1.82, 2.24) is 0 Å². The second-order valence-corrected chi connectivity index (χ2v) is 7.40. The highest BCUT2D eigenvalue weighted by Crippen LogP contribution is 1.94. The van der Waals surface area contributed by atoms with Crippen molar-refractivity contribution in [1.29, 1.82) is 0 Å². The van der Waals surface area contributed by atoms with Crippen LogP contribution in [-0.2, 0) is 4.74 Å². The van der Waals surface area contributed by atoms with Crippen LogP contribution in [-0.4, -0.2) is 13.2 Å². The Bertz CT molecular complexity index is 721. The van der Waals surface area contributed by atoms with Crippen LogP contribution in [0.15, 0.2) is 121 Å². The largest absolute Gasteiger partial charge is 0.382 e. The van der Waals surface area contributed by atoms with Gasteiger partial charge in [-0.05, 0) is 41.5 Å². The lowest BCUT2D eigenvalue weighted by Crippen LogP contribution is -1.84. The average molecular weight is 443 g/mol. The maximum absolute atomic E-state index is 4.83. The molecule has 0 aliphatic heterocycles. The van der Waals surface area contributed by atoms with Crippen molar-refractivity contribution < 1.29 is 4.74 Å². The molecule has 0 amide bonds. The Labute approximate surface area is 203 Å². The van der Waals surface area contributed by atoms with Crippen LogP contribution in [0, 0.1) is 27.7 Å². The third kappa shape index (κ3) is 21.8. The van der Waals surface area contributed by atoms with Crippen LogP contribution in [0.4, 0.5) is 0 Å². The van der Waals surface area contributed by atoms with Gasteiger partial charge in [-0.1, -0.05) is 144 Å². The predicted octanol–water partition coefficient (Wildman–Crippen LogP) is 9.02. The summed E-state index contributed by atoms with van der Waals surface area (Å²) in [4.78, 5) is 0. The molecule has 33 heavy (non-hydrogen) atoms. The molecule has 176 valence electrons. The molecule has 1 heteroatoms. The minimum atomic E-state index is 0.844. The summed E-state index contributed by atoms with van der Waals surface area (Å²) >= 11 is 0. The van der Waals surface area contributed by atoms with Gasteiger partial charge in [0.15, 0.2) is 0 Å². The van der Waals surface area contributed by atoms with E-state index in [1.54, 1.807) is 0 Å². The van der Waals surface area contributed by atoms with E-state index in [1.807, 2.05) is 86.6 Å². The first-order valence-electron chi connectivity index (χ1n) is 11.6.